The molecule has 2 N–H and O–H groups in total. The molecular formula is C31H32BrNO9. The van der Waals surface area contributed by atoms with Crippen LogP contribution in [0.25, 0.3) is 0 Å². The SMILES string of the molecule is CC(C)(C)OC(=O)N[C@@H](Cc1ccc(OC(=O)OCc2ccccc2Br)cc1)C(=O)OCc1ccc(CC(=O)O)cc1. The number of hydrogen-bond donors (Lipinski definition) is 2. The van der Waals surface area contributed by atoms with Crippen molar-refractivity contribution in [2.45, 2.75) is 58.5 Å². The molecule has 1 atom stereocenters. The van der Waals surface area contributed by atoms with E-state index in [-0.39, 0.29) is 31.8 Å². The van der Waals surface area contributed by atoms with Gasteiger partial charge in [-0.15, -0.1) is 0 Å². The largest absolute Gasteiger partial charge is 0.514 e. The highest BCUT2D eigenvalue weighted by Gasteiger charge is 2.26. The zero-order valence-electron chi connectivity index (χ0n) is 23.4. The van der Waals surface area contributed by atoms with Crippen molar-refractivity contribution in [1.29, 1.82) is 0 Å². The van der Waals surface area contributed by atoms with Gasteiger partial charge in [-0.3, -0.25) is 4.79 Å². The fourth-order valence-electron chi connectivity index (χ4n) is 3.63. The van der Waals surface area contributed by atoms with Gasteiger partial charge in [-0.1, -0.05) is 70.5 Å². The second-order valence-electron chi connectivity index (χ2n) is 10.3. The highest BCUT2D eigenvalue weighted by molar-refractivity contribution is 9.10. The molecule has 0 aliphatic heterocycles. The van der Waals surface area contributed by atoms with E-state index in [2.05, 4.69) is 21.2 Å². The van der Waals surface area contributed by atoms with E-state index >= 15 is 0 Å². The first kappa shape index (κ1) is 32.1. The van der Waals surface area contributed by atoms with Crippen LogP contribution in [0.2, 0.25) is 0 Å². The third-order valence-electron chi connectivity index (χ3n) is 5.60. The Kier molecular flexibility index (Phi) is 11.5. The Morgan fingerprint density at radius 1 is 0.833 bits per heavy atom. The highest BCUT2D eigenvalue weighted by atomic mass is 79.9. The molecule has 0 fully saturated rings. The van der Waals surface area contributed by atoms with Crippen molar-refractivity contribution < 1.29 is 43.2 Å². The van der Waals surface area contributed by atoms with Crippen molar-refractivity contribution in [1.82, 2.24) is 5.32 Å². The highest BCUT2D eigenvalue weighted by Crippen LogP contribution is 2.19. The Morgan fingerprint density at radius 2 is 1.45 bits per heavy atom. The van der Waals surface area contributed by atoms with Crippen molar-refractivity contribution in [2.24, 2.45) is 0 Å². The van der Waals surface area contributed by atoms with Gasteiger partial charge in [0.05, 0.1) is 6.42 Å². The Bertz CT molecular complexity index is 1380. The quantitative estimate of drug-likeness (QED) is 0.147. The van der Waals surface area contributed by atoms with Crippen LogP contribution in [0.3, 0.4) is 0 Å². The summed E-state index contributed by atoms with van der Waals surface area (Å²) in [5.74, 6) is -1.39. The van der Waals surface area contributed by atoms with E-state index in [0.717, 1.165) is 10.0 Å². The first-order valence-corrected chi connectivity index (χ1v) is 13.8. The van der Waals surface area contributed by atoms with E-state index in [0.29, 0.717) is 16.7 Å². The van der Waals surface area contributed by atoms with Crippen molar-refractivity contribution in [3.63, 3.8) is 0 Å². The number of carboxylic acid groups (broad SMARTS) is 1. The molecule has 0 spiro atoms. The lowest BCUT2D eigenvalue weighted by Crippen LogP contribution is -2.45. The molecule has 10 nitrogen and oxygen atoms in total. The number of alkyl carbamates (subject to hydrolysis) is 1. The molecule has 0 radical (unpaired) electrons. The molecule has 0 aliphatic carbocycles. The number of nitrogens with one attached hydrogen (secondary N) is 1. The third kappa shape index (κ3) is 11.2. The molecule has 3 aromatic rings. The van der Waals surface area contributed by atoms with Gasteiger partial charge in [0, 0.05) is 16.5 Å². The van der Waals surface area contributed by atoms with Gasteiger partial charge in [-0.2, -0.15) is 0 Å². The lowest BCUT2D eigenvalue weighted by atomic mass is 10.1. The second kappa shape index (κ2) is 15.0. The minimum Gasteiger partial charge on any atom is -0.481 e. The van der Waals surface area contributed by atoms with Crippen LogP contribution in [-0.2, 0) is 49.9 Å². The summed E-state index contributed by atoms with van der Waals surface area (Å²) >= 11 is 3.39. The molecule has 3 aromatic carbocycles. The maximum absolute atomic E-state index is 13.0. The molecule has 222 valence electrons. The standard InChI is InChI=1S/C31H32BrNO9/c1-31(2,3)42-29(37)33-26(28(36)39-18-22-10-8-21(9-11-22)17-27(34)35)16-20-12-14-24(15-13-20)41-30(38)40-19-23-6-4-5-7-25(23)32/h4-15,26H,16-19H2,1-3H3,(H,33,37)(H,34,35)/t26-/m0/s1. The summed E-state index contributed by atoms with van der Waals surface area (Å²) in [5, 5.41) is 11.5. The van der Waals surface area contributed by atoms with Gasteiger partial charge in [0.1, 0.15) is 30.6 Å². The van der Waals surface area contributed by atoms with E-state index < -0.39 is 35.8 Å². The number of benzene rings is 3. The zero-order valence-corrected chi connectivity index (χ0v) is 25.0. The molecule has 0 aromatic heterocycles. The zero-order chi connectivity index (χ0) is 30.7. The summed E-state index contributed by atoms with van der Waals surface area (Å²) in [6.07, 6.45) is -1.70. The molecule has 0 saturated heterocycles. The topological polar surface area (TPSA) is 137 Å². The van der Waals surface area contributed by atoms with Crippen molar-refractivity contribution in [3.8, 4) is 5.75 Å². The molecule has 0 bridgehead atoms. The van der Waals surface area contributed by atoms with Gasteiger partial charge in [0.2, 0.25) is 0 Å². The fourth-order valence-corrected chi connectivity index (χ4v) is 4.03. The van der Waals surface area contributed by atoms with Crippen LogP contribution in [0.5, 0.6) is 5.75 Å². The minimum absolute atomic E-state index is 0.0327. The third-order valence-corrected chi connectivity index (χ3v) is 6.38. The molecular weight excluding hydrogens is 610 g/mol. The molecule has 42 heavy (non-hydrogen) atoms. The van der Waals surface area contributed by atoms with Crippen LogP contribution >= 0.6 is 15.9 Å². The molecule has 11 heteroatoms. The molecule has 0 saturated carbocycles. The average molecular weight is 642 g/mol. The number of amides is 1. The number of rotatable bonds is 11. The summed E-state index contributed by atoms with van der Waals surface area (Å²) in [6.45, 7) is 5.07. The monoisotopic (exact) mass is 641 g/mol. The smallest absolute Gasteiger partial charge is 0.481 e. The van der Waals surface area contributed by atoms with Crippen LogP contribution in [0.1, 0.15) is 43.0 Å². The molecule has 0 unspecified atom stereocenters. The van der Waals surface area contributed by atoms with E-state index in [1.165, 1.54) is 0 Å². The average Bonchev–Trinajstić information content (AvgIpc) is 2.91. The number of ether oxygens (including phenoxy) is 4. The molecule has 0 heterocycles. The van der Waals surface area contributed by atoms with E-state index in [9.17, 15) is 19.2 Å². The summed E-state index contributed by atoms with van der Waals surface area (Å²) in [4.78, 5) is 48.5. The van der Waals surface area contributed by atoms with Gasteiger partial charge in [-0.25, -0.2) is 14.4 Å². The normalized spacial score (nSPS) is 11.6. The number of halogens is 1. The summed E-state index contributed by atoms with van der Waals surface area (Å²) in [6, 6.07) is 19.3. The predicted octanol–water partition coefficient (Wildman–Crippen LogP) is 5.97. The molecule has 0 aliphatic rings. The number of aliphatic carboxylic acids is 1. The van der Waals surface area contributed by atoms with Crippen molar-refractivity contribution in [2.75, 3.05) is 0 Å². The van der Waals surface area contributed by atoms with Crippen LogP contribution < -0.4 is 10.1 Å². The minimum atomic E-state index is -1.08. The van der Waals surface area contributed by atoms with Gasteiger partial charge >= 0.3 is 24.2 Å². The Hall–Kier alpha value is -4.38. The number of carboxylic acids is 1. The molecule has 1 amide bonds. The van der Waals surface area contributed by atoms with Crippen LogP contribution in [-0.4, -0.2) is 40.9 Å². The Balaban J connectivity index is 1.61. The van der Waals surface area contributed by atoms with Gasteiger partial charge in [0.25, 0.3) is 0 Å². The van der Waals surface area contributed by atoms with E-state index in [1.54, 1.807) is 69.3 Å². The Labute approximate surface area is 252 Å². The van der Waals surface area contributed by atoms with Crippen LogP contribution in [0, 0.1) is 0 Å². The first-order valence-electron chi connectivity index (χ1n) is 13.0. The number of carbonyl (C=O) groups is 4. The first-order chi connectivity index (χ1) is 19.9. The summed E-state index contributed by atoms with van der Waals surface area (Å²) in [5.41, 5.74) is 1.93. The number of carbonyl (C=O) groups excluding carboxylic acids is 3. The number of hydrogen-bond acceptors (Lipinski definition) is 8. The van der Waals surface area contributed by atoms with Crippen LogP contribution in [0.4, 0.5) is 9.59 Å². The number of esters is 1. The lowest BCUT2D eigenvalue weighted by Gasteiger charge is -2.23. The Morgan fingerprint density at radius 3 is 2.07 bits per heavy atom. The summed E-state index contributed by atoms with van der Waals surface area (Å²) in [7, 11) is 0. The van der Waals surface area contributed by atoms with Gasteiger partial charge < -0.3 is 29.4 Å². The van der Waals surface area contributed by atoms with E-state index in [4.69, 9.17) is 24.1 Å². The maximum atomic E-state index is 13.0. The lowest BCUT2D eigenvalue weighted by molar-refractivity contribution is -0.147. The van der Waals surface area contributed by atoms with Gasteiger partial charge in [0.15, 0.2) is 0 Å². The van der Waals surface area contributed by atoms with E-state index in [1.807, 2.05) is 24.3 Å². The van der Waals surface area contributed by atoms with Crippen LogP contribution in [0.15, 0.2) is 77.3 Å². The van der Waals surface area contributed by atoms with Gasteiger partial charge in [-0.05, 0) is 55.7 Å². The predicted molar refractivity (Wildman–Crippen MR) is 156 cm³/mol. The fraction of sp³-hybridized carbons (Fsp3) is 0.290. The summed E-state index contributed by atoms with van der Waals surface area (Å²) < 4.78 is 22.0. The van der Waals surface area contributed by atoms with Crippen molar-refractivity contribution >= 4 is 40.1 Å². The van der Waals surface area contributed by atoms with Crippen molar-refractivity contribution in [3.05, 3.63) is 99.5 Å². The second-order valence-corrected chi connectivity index (χ2v) is 11.1. The maximum Gasteiger partial charge on any atom is 0.514 e. The molecule has 3 rings (SSSR count).